The number of likely N-dealkylation sites (tertiary alicyclic amines) is 1. The molecule has 17 heavy (non-hydrogen) atoms. The number of nitrogens with one attached hydrogen (secondary N) is 1. The van der Waals surface area contributed by atoms with Crippen molar-refractivity contribution in [2.45, 2.75) is 77.3 Å². The number of rotatable bonds is 7. The van der Waals surface area contributed by atoms with Gasteiger partial charge in [0.25, 0.3) is 0 Å². The Morgan fingerprint density at radius 1 is 1.12 bits per heavy atom. The monoisotopic (exact) mass is 240 g/mol. The summed E-state index contributed by atoms with van der Waals surface area (Å²) in [6.07, 6.45) is 9.55. The Kier molecular flexibility index (Phi) is 6.50. The van der Waals surface area contributed by atoms with Gasteiger partial charge in [0, 0.05) is 11.6 Å². The smallest absolute Gasteiger partial charge is 0.0306 e. The van der Waals surface area contributed by atoms with Crippen molar-refractivity contribution in [1.29, 1.82) is 0 Å². The number of hydrogen-bond acceptors (Lipinski definition) is 2. The van der Waals surface area contributed by atoms with Crippen LogP contribution in [0.4, 0.5) is 0 Å². The largest absolute Gasteiger partial charge is 0.315 e. The van der Waals surface area contributed by atoms with E-state index in [0.29, 0.717) is 11.6 Å². The maximum Gasteiger partial charge on any atom is 0.0306 e. The molecule has 2 heteroatoms. The molecule has 1 N–H and O–H groups in total. The van der Waals surface area contributed by atoms with Crippen LogP contribution in [0.1, 0.15) is 65.7 Å². The lowest BCUT2D eigenvalue weighted by molar-refractivity contribution is 0.0599. The van der Waals surface area contributed by atoms with Gasteiger partial charge in [-0.3, -0.25) is 4.90 Å². The standard InChI is InChI=1S/C15H32N2/c1-5-6-8-11-14(16-4)15(2,3)17-12-9-7-10-13-17/h14,16H,5-13H2,1-4H3. The highest BCUT2D eigenvalue weighted by Crippen LogP contribution is 2.26. The first kappa shape index (κ1) is 15.0. The minimum Gasteiger partial charge on any atom is -0.315 e. The molecule has 0 aromatic heterocycles. The quantitative estimate of drug-likeness (QED) is 0.686. The summed E-state index contributed by atoms with van der Waals surface area (Å²) in [5.41, 5.74) is 0.308. The molecule has 1 unspecified atom stereocenters. The van der Waals surface area contributed by atoms with Crippen molar-refractivity contribution in [3.63, 3.8) is 0 Å². The molecule has 0 bridgehead atoms. The topological polar surface area (TPSA) is 15.3 Å². The molecule has 1 aliphatic heterocycles. The molecule has 1 atom stereocenters. The fourth-order valence-corrected chi connectivity index (χ4v) is 3.14. The van der Waals surface area contributed by atoms with E-state index < -0.39 is 0 Å². The number of unbranched alkanes of at least 4 members (excludes halogenated alkanes) is 2. The minimum atomic E-state index is 0.308. The average molecular weight is 240 g/mol. The summed E-state index contributed by atoms with van der Waals surface area (Å²) in [6, 6.07) is 0.632. The highest BCUT2D eigenvalue weighted by Gasteiger charge is 2.34. The first-order chi connectivity index (χ1) is 8.12. The van der Waals surface area contributed by atoms with E-state index >= 15 is 0 Å². The van der Waals surface area contributed by atoms with Gasteiger partial charge >= 0.3 is 0 Å². The molecule has 0 saturated carbocycles. The van der Waals surface area contributed by atoms with Crippen LogP contribution in [-0.2, 0) is 0 Å². The van der Waals surface area contributed by atoms with E-state index in [4.69, 9.17) is 0 Å². The van der Waals surface area contributed by atoms with Gasteiger partial charge in [-0.2, -0.15) is 0 Å². The first-order valence-corrected chi connectivity index (χ1v) is 7.55. The van der Waals surface area contributed by atoms with E-state index in [2.05, 4.69) is 38.0 Å². The van der Waals surface area contributed by atoms with Crippen LogP contribution in [0.15, 0.2) is 0 Å². The number of hydrogen-bond donors (Lipinski definition) is 1. The number of piperidine rings is 1. The van der Waals surface area contributed by atoms with Crippen LogP contribution in [0, 0.1) is 0 Å². The van der Waals surface area contributed by atoms with Crippen molar-refractivity contribution in [3.8, 4) is 0 Å². The van der Waals surface area contributed by atoms with Crippen LogP contribution in [0.5, 0.6) is 0 Å². The van der Waals surface area contributed by atoms with Gasteiger partial charge in [-0.25, -0.2) is 0 Å². The third-order valence-electron chi connectivity index (χ3n) is 4.47. The van der Waals surface area contributed by atoms with Crippen molar-refractivity contribution in [3.05, 3.63) is 0 Å². The van der Waals surface area contributed by atoms with Crippen molar-refractivity contribution in [1.82, 2.24) is 10.2 Å². The van der Waals surface area contributed by atoms with Crippen molar-refractivity contribution in [2.24, 2.45) is 0 Å². The van der Waals surface area contributed by atoms with E-state index in [9.17, 15) is 0 Å². The predicted octanol–water partition coefficient (Wildman–Crippen LogP) is 3.42. The maximum atomic E-state index is 3.56. The summed E-state index contributed by atoms with van der Waals surface area (Å²) >= 11 is 0. The van der Waals surface area contributed by atoms with E-state index in [1.165, 1.54) is 58.0 Å². The fraction of sp³-hybridized carbons (Fsp3) is 1.00. The third-order valence-corrected chi connectivity index (χ3v) is 4.47. The Morgan fingerprint density at radius 3 is 2.29 bits per heavy atom. The highest BCUT2D eigenvalue weighted by atomic mass is 15.2. The van der Waals surface area contributed by atoms with Gasteiger partial charge in [-0.05, 0) is 53.2 Å². The lowest BCUT2D eigenvalue weighted by atomic mass is 9.87. The van der Waals surface area contributed by atoms with Crippen LogP contribution < -0.4 is 5.32 Å². The fourth-order valence-electron chi connectivity index (χ4n) is 3.14. The zero-order chi connectivity index (χ0) is 12.7. The maximum absolute atomic E-state index is 3.56. The van der Waals surface area contributed by atoms with Gasteiger partial charge in [0.2, 0.25) is 0 Å². The third kappa shape index (κ3) is 4.26. The normalized spacial score (nSPS) is 20.5. The average Bonchev–Trinajstić information content (AvgIpc) is 2.35. The van der Waals surface area contributed by atoms with Crippen LogP contribution in [0.2, 0.25) is 0 Å². The number of likely N-dealkylation sites (N-methyl/N-ethyl adjacent to an activating group) is 1. The molecule has 1 rings (SSSR count). The molecule has 0 aliphatic carbocycles. The minimum absolute atomic E-state index is 0.308. The molecule has 102 valence electrons. The highest BCUT2D eigenvalue weighted by molar-refractivity contribution is 4.93. The molecule has 1 heterocycles. The van der Waals surface area contributed by atoms with Crippen molar-refractivity contribution < 1.29 is 0 Å². The van der Waals surface area contributed by atoms with Crippen LogP contribution in [0.25, 0.3) is 0 Å². The summed E-state index contributed by atoms with van der Waals surface area (Å²) in [5, 5.41) is 3.56. The summed E-state index contributed by atoms with van der Waals surface area (Å²) in [4.78, 5) is 2.70. The summed E-state index contributed by atoms with van der Waals surface area (Å²) in [7, 11) is 2.13. The first-order valence-electron chi connectivity index (χ1n) is 7.55. The van der Waals surface area contributed by atoms with Crippen LogP contribution in [0.3, 0.4) is 0 Å². The molecule has 0 amide bonds. The molecule has 2 nitrogen and oxygen atoms in total. The Balaban J connectivity index is 2.50. The van der Waals surface area contributed by atoms with Gasteiger partial charge in [-0.1, -0.05) is 32.6 Å². The summed E-state index contributed by atoms with van der Waals surface area (Å²) in [5.74, 6) is 0. The molecule has 1 fully saturated rings. The molecule has 0 spiro atoms. The Morgan fingerprint density at radius 2 is 1.76 bits per heavy atom. The summed E-state index contributed by atoms with van der Waals surface area (Å²) in [6.45, 7) is 9.71. The second-order valence-corrected chi connectivity index (χ2v) is 6.04. The second kappa shape index (κ2) is 7.38. The molecule has 0 radical (unpaired) electrons. The van der Waals surface area contributed by atoms with Crippen molar-refractivity contribution >= 4 is 0 Å². The zero-order valence-corrected chi connectivity index (χ0v) is 12.4. The molecule has 0 aromatic carbocycles. The second-order valence-electron chi connectivity index (χ2n) is 6.04. The molecule has 1 aliphatic rings. The van der Waals surface area contributed by atoms with Crippen molar-refractivity contribution in [2.75, 3.05) is 20.1 Å². The van der Waals surface area contributed by atoms with Gasteiger partial charge in [0.15, 0.2) is 0 Å². The van der Waals surface area contributed by atoms with E-state index in [0.717, 1.165) is 0 Å². The Labute approximate surface area is 108 Å². The zero-order valence-electron chi connectivity index (χ0n) is 12.4. The van der Waals surface area contributed by atoms with Crippen LogP contribution >= 0.6 is 0 Å². The molecule has 1 saturated heterocycles. The Hall–Kier alpha value is -0.0800. The Bertz CT molecular complexity index is 195. The molecule has 0 aromatic rings. The van der Waals surface area contributed by atoms with Gasteiger partial charge < -0.3 is 5.32 Å². The summed E-state index contributed by atoms with van der Waals surface area (Å²) < 4.78 is 0. The molecular weight excluding hydrogens is 208 g/mol. The van der Waals surface area contributed by atoms with Gasteiger partial charge in [0.05, 0.1) is 0 Å². The van der Waals surface area contributed by atoms with E-state index in [1.54, 1.807) is 0 Å². The predicted molar refractivity (Wildman–Crippen MR) is 76.5 cm³/mol. The molecular formula is C15H32N2. The van der Waals surface area contributed by atoms with E-state index in [-0.39, 0.29) is 0 Å². The lowest BCUT2D eigenvalue weighted by Gasteiger charge is -2.46. The van der Waals surface area contributed by atoms with E-state index in [1.807, 2.05) is 0 Å². The lowest BCUT2D eigenvalue weighted by Crippen LogP contribution is -2.58. The van der Waals surface area contributed by atoms with Gasteiger partial charge in [-0.15, -0.1) is 0 Å². The number of nitrogens with zero attached hydrogens (tertiary/aromatic N) is 1. The van der Waals surface area contributed by atoms with Gasteiger partial charge in [0.1, 0.15) is 0 Å². The SMILES string of the molecule is CCCCCC(NC)C(C)(C)N1CCCCC1. The van der Waals surface area contributed by atoms with Crippen LogP contribution in [-0.4, -0.2) is 36.6 Å².